The number of hydrogen-bond donors (Lipinski definition) is 0. The van der Waals surface area contributed by atoms with E-state index in [4.69, 9.17) is 8.54 Å². The van der Waals surface area contributed by atoms with Crippen LogP contribution in [-0.2, 0) is 9.16 Å². The van der Waals surface area contributed by atoms with Crippen molar-refractivity contribution < 1.29 is 13.3 Å². The molecule has 2 aromatic carbocycles. The molecule has 0 aliphatic carbocycles. The molecule has 0 aromatic heterocycles. The number of hydrogen-bond acceptors (Lipinski definition) is 2. The number of aryl methyl sites for hydroxylation is 1. The lowest BCUT2D eigenvalue weighted by molar-refractivity contribution is -0.101. The molecule has 0 N–H and O–H groups in total. The SMILES string of the molecule is COC.Cc1ccc(C2=CC(c3ccccc3)=[O+][SiH-]O2)cc1. The summed E-state index contributed by atoms with van der Waals surface area (Å²) in [5.41, 5.74) is 3.42. The molecule has 0 unspecified atom stereocenters. The fourth-order valence-electron chi connectivity index (χ4n) is 1.94. The molecular formula is C18H20O3Si. The van der Waals surface area contributed by atoms with Crippen LogP contribution in [0.5, 0.6) is 0 Å². The summed E-state index contributed by atoms with van der Waals surface area (Å²) in [6.07, 6.45) is 1.97. The molecule has 0 atom stereocenters. The van der Waals surface area contributed by atoms with Gasteiger partial charge in [0, 0.05) is 19.8 Å². The molecule has 22 heavy (non-hydrogen) atoms. The molecule has 0 saturated carbocycles. The molecule has 2 aromatic rings. The Morgan fingerprint density at radius 2 is 1.55 bits per heavy atom. The highest BCUT2D eigenvalue weighted by atomic mass is 28.2. The molecule has 4 heteroatoms. The van der Waals surface area contributed by atoms with Crippen molar-refractivity contribution in [2.24, 2.45) is 0 Å². The topological polar surface area (TPSA) is 29.8 Å². The van der Waals surface area contributed by atoms with Gasteiger partial charge in [0.1, 0.15) is 0 Å². The smallest absolute Gasteiger partial charge is 0.440 e. The fourth-order valence-corrected chi connectivity index (χ4v) is 2.60. The van der Waals surface area contributed by atoms with Crippen LogP contribution < -0.4 is 0 Å². The van der Waals surface area contributed by atoms with E-state index in [0.717, 1.165) is 22.7 Å². The molecule has 3 rings (SSSR count). The molecule has 0 saturated heterocycles. The first-order valence-corrected chi connectivity index (χ1v) is 7.95. The second-order valence-corrected chi connectivity index (χ2v) is 5.51. The maximum atomic E-state index is 5.66. The van der Waals surface area contributed by atoms with E-state index in [0.29, 0.717) is 0 Å². The van der Waals surface area contributed by atoms with Crippen LogP contribution in [0.1, 0.15) is 20.8 Å². The van der Waals surface area contributed by atoms with Crippen molar-refractivity contribution in [3.05, 3.63) is 77.4 Å². The minimum absolute atomic E-state index is 0.492. The number of rotatable bonds is 2. The van der Waals surface area contributed by atoms with E-state index >= 15 is 0 Å². The third-order valence-corrected chi connectivity index (χ3v) is 3.71. The Morgan fingerprint density at radius 1 is 0.909 bits per heavy atom. The molecule has 1 aliphatic heterocycles. The zero-order valence-corrected chi connectivity index (χ0v) is 14.2. The van der Waals surface area contributed by atoms with Crippen LogP contribution in [0.2, 0.25) is 0 Å². The highest BCUT2D eigenvalue weighted by Crippen LogP contribution is 2.20. The zero-order chi connectivity index (χ0) is 15.8. The molecule has 1 heterocycles. The van der Waals surface area contributed by atoms with Crippen LogP contribution in [0.25, 0.3) is 5.76 Å². The lowest BCUT2D eigenvalue weighted by Crippen LogP contribution is -2.11. The van der Waals surface area contributed by atoms with Gasteiger partial charge >= 0.3 is 10.0 Å². The van der Waals surface area contributed by atoms with Gasteiger partial charge in [-0.25, -0.2) is 0 Å². The molecule has 0 amide bonds. The van der Waals surface area contributed by atoms with E-state index in [9.17, 15) is 0 Å². The maximum absolute atomic E-state index is 5.66. The van der Waals surface area contributed by atoms with Crippen molar-refractivity contribution in [2.45, 2.75) is 6.92 Å². The Morgan fingerprint density at radius 3 is 2.18 bits per heavy atom. The van der Waals surface area contributed by atoms with Crippen LogP contribution >= 0.6 is 0 Å². The van der Waals surface area contributed by atoms with Crippen molar-refractivity contribution in [2.75, 3.05) is 14.2 Å². The molecule has 1 aliphatic rings. The summed E-state index contributed by atoms with van der Waals surface area (Å²) in [6, 6.07) is 18.4. The van der Waals surface area contributed by atoms with E-state index < -0.39 is 10.0 Å². The minimum Gasteiger partial charge on any atom is -0.618 e. The number of benzene rings is 2. The first-order valence-electron chi connectivity index (χ1n) is 7.01. The lowest BCUT2D eigenvalue weighted by Gasteiger charge is -2.15. The van der Waals surface area contributed by atoms with Crippen molar-refractivity contribution in [3.63, 3.8) is 0 Å². The van der Waals surface area contributed by atoms with Gasteiger partial charge in [-0.1, -0.05) is 48.0 Å². The molecule has 0 fully saturated rings. The molecule has 114 valence electrons. The summed E-state index contributed by atoms with van der Waals surface area (Å²) in [5, 5.41) is 0. The molecular weight excluding hydrogens is 292 g/mol. The van der Waals surface area contributed by atoms with Crippen molar-refractivity contribution in [1.29, 1.82) is 0 Å². The van der Waals surface area contributed by atoms with E-state index in [-0.39, 0.29) is 0 Å². The zero-order valence-electron chi connectivity index (χ0n) is 13.1. The predicted molar refractivity (Wildman–Crippen MR) is 91.1 cm³/mol. The van der Waals surface area contributed by atoms with Crippen LogP contribution in [0.15, 0.2) is 60.7 Å². The summed E-state index contributed by atoms with van der Waals surface area (Å²) < 4.78 is 15.5. The Balaban J connectivity index is 0.000000545. The van der Waals surface area contributed by atoms with Gasteiger partial charge in [0.2, 0.25) is 0 Å². The van der Waals surface area contributed by atoms with E-state index in [1.54, 1.807) is 14.2 Å². The van der Waals surface area contributed by atoms with Gasteiger partial charge in [-0.3, -0.25) is 0 Å². The summed E-state index contributed by atoms with van der Waals surface area (Å²) in [4.78, 5) is 0. The Hall–Kier alpha value is -2.17. The number of ether oxygens (including phenoxy) is 1. The third-order valence-electron chi connectivity index (χ3n) is 3.01. The second kappa shape index (κ2) is 8.31. The number of carbonyl (C=O) groups excluding carboxylic acids is 1. The third kappa shape index (κ3) is 4.41. The lowest BCUT2D eigenvalue weighted by atomic mass is 10.1. The number of ketones is 1. The summed E-state index contributed by atoms with van der Waals surface area (Å²) in [7, 11) is 2.76. The maximum Gasteiger partial charge on any atom is 0.440 e. The van der Waals surface area contributed by atoms with Gasteiger partial charge in [0.05, 0.1) is 17.4 Å². The number of allylic oxidation sites excluding steroid dienone is 1. The second-order valence-electron chi connectivity index (χ2n) is 4.85. The normalized spacial score (nSPS) is 12.9. The van der Waals surface area contributed by atoms with Gasteiger partial charge in [0.15, 0.2) is 0 Å². The van der Waals surface area contributed by atoms with Crippen LogP contribution in [0.3, 0.4) is 0 Å². The molecule has 0 radical (unpaired) electrons. The van der Waals surface area contributed by atoms with Gasteiger partial charge in [-0.2, -0.15) is 0 Å². The standard InChI is InChI=1S/C16H14O2Si.C2H6O/c1-12-7-9-14(10-8-12)16-11-15(17-19-18-16)13-5-3-2-4-6-13;1-3-2/h2-11,19H,1H3;1-2H3. The van der Waals surface area contributed by atoms with E-state index in [2.05, 4.69) is 35.9 Å². The Labute approximate surface area is 134 Å². The summed E-state index contributed by atoms with van der Waals surface area (Å²) in [6.45, 7) is 2.08. The first-order chi connectivity index (χ1) is 10.7. The van der Waals surface area contributed by atoms with Crippen LogP contribution in [0, 0.1) is 6.92 Å². The average molecular weight is 312 g/mol. The van der Waals surface area contributed by atoms with Crippen molar-refractivity contribution >= 4 is 21.5 Å². The van der Waals surface area contributed by atoms with Crippen molar-refractivity contribution in [1.82, 2.24) is 0 Å². The highest BCUT2D eigenvalue weighted by molar-refractivity contribution is 6.25. The predicted octanol–water partition coefficient (Wildman–Crippen LogP) is 3.31. The van der Waals surface area contributed by atoms with Crippen LogP contribution in [-0.4, -0.2) is 30.0 Å². The first kappa shape index (κ1) is 16.2. The molecule has 3 nitrogen and oxygen atoms in total. The summed E-state index contributed by atoms with van der Waals surface area (Å²) >= 11 is 0. The fraction of sp³-hybridized carbons (Fsp3) is 0.167. The van der Waals surface area contributed by atoms with Gasteiger partial charge in [-0.15, -0.1) is 0 Å². The Bertz CT molecular complexity index is 646. The van der Waals surface area contributed by atoms with Gasteiger partial charge in [-0.05, 0) is 19.1 Å². The van der Waals surface area contributed by atoms with E-state index in [1.165, 1.54) is 5.56 Å². The minimum atomic E-state index is -0.492. The highest BCUT2D eigenvalue weighted by Gasteiger charge is 2.16. The van der Waals surface area contributed by atoms with Crippen LogP contribution in [0.4, 0.5) is 0 Å². The quantitative estimate of drug-likeness (QED) is 0.629. The van der Waals surface area contributed by atoms with Crippen molar-refractivity contribution in [3.8, 4) is 0 Å². The molecule has 0 spiro atoms. The largest absolute Gasteiger partial charge is 0.618 e. The summed E-state index contributed by atoms with van der Waals surface area (Å²) in [5.74, 6) is 1.78. The van der Waals surface area contributed by atoms with Gasteiger partial charge in [0.25, 0.3) is 5.78 Å². The molecule has 0 bridgehead atoms. The monoisotopic (exact) mass is 312 g/mol. The van der Waals surface area contributed by atoms with Gasteiger partial charge < -0.3 is 13.3 Å². The average Bonchev–Trinajstić information content (AvgIpc) is 2.57. The van der Waals surface area contributed by atoms with E-state index in [1.807, 2.05) is 36.4 Å². The Kier molecular flexibility index (Phi) is 6.12. The number of methoxy groups -OCH3 is 1.